The summed E-state index contributed by atoms with van der Waals surface area (Å²) >= 11 is 0. The van der Waals surface area contributed by atoms with E-state index in [9.17, 15) is 9.59 Å². The van der Waals surface area contributed by atoms with E-state index in [0.29, 0.717) is 12.8 Å². The Kier molecular flexibility index (Phi) is 3.39. The highest BCUT2D eigenvalue weighted by Gasteiger charge is 2.29. The van der Waals surface area contributed by atoms with Crippen LogP contribution < -0.4 is 0 Å². The smallest absolute Gasteiger partial charge is 0.313 e. The number of esters is 2. The molecular weight excluding hydrogens is 192 g/mol. The van der Waals surface area contributed by atoms with E-state index < -0.39 is 0 Å². The monoisotopic (exact) mass is 210 g/mol. The number of cyclic esters (lactones) is 2. The van der Waals surface area contributed by atoms with Gasteiger partial charge in [-0.25, -0.2) is 0 Å². The molecule has 3 heteroatoms. The first kappa shape index (κ1) is 10.7. The van der Waals surface area contributed by atoms with Crippen molar-refractivity contribution < 1.29 is 14.3 Å². The lowest BCUT2D eigenvalue weighted by Gasteiger charge is -2.27. The lowest BCUT2D eigenvalue weighted by atomic mass is 9.80. The first-order valence-electron chi connectivity index (χ1n) is 5.97. The summed E-state index contributed by atoms with van der Waals surface area (Å²) in [4.78, 5) is 22.2. The summed E-state index contributed by atoms with van der Waals surface area (Å²) in [6.07, 6.45) is 8.47. The van der Waals surface area contributed by atoms with Crippen LogP contribution >= 0.6 is 0 Å². The third-order valence-electron chi connectivity index (χ3n) is 3.53. The maximum atomic E-state index is 11.1. The quantitative estimate of drug-likeness (QED) is 0.519. The molecule has 2 rings (SSSR count). The SMILES string of the molecule is O=C1CC(CC2CCCCC2)CC(=O)O1. The number of ether oxygens (including phenoxy) is 1. The zero-order valence-electron chi connectivity index (χ0n) is 9.04. The van der Waals surface area contributed by atoms with Crippen LogP contribution in [0.25, 0.3) is 0 Å². The van der Waals surface area contributed by atoms with Crippen molar-refractivity contribution in [2.45, 2.75) is 51.4 Å². The third kappa shape index (κ3) is 3.05. The van der Waals surface area contributed by atoms with Gasteiger partial charge in [0, 0.05) is 12.8 Å². The summed E-state index contributed by atoms with van der Waals surface area (Å²) in [5.41, 5.74) is 0. The molecule has 0 radical (unpaired) electrons. The van der Waals surface area contributed by atoms with Gasteiger partial charge in [0.05, 0.1) is 0 Å². The highest BCUT2D eigenvalue weighted by molar-refractivity contribution is 5.88. The topological polar surface area (TPSA) is 43.4 Å². The molecule has 0 N–H and O–H groups in total. The Hall–Kier alpha value is -0.860. The summed E-state index contributed by atoms with van der Waals surface area (Å²) in [5, 5.41) is 0. The molecule has 1 aliphatic carbocycles. The Morgan fingerprint density at radius 1 is 0.933 bits per heavy atom. The van der Waals surface area contributed by atoms with Gasteiger partial charge in [0.1, 0.15) is 0 Å². The molecule has 0 amide bonds. The minimum absolute atomic E-state index is 0.252. The Labute approximate surface area is 90.2 Å². The molecule has 3 nitrogen and oxygen atoms in total. The minimum atomic E-state index is -0.327. The molecule has 0 aromatic carbocycles. The van der Waals surface area contributed by atoms with Crippen LogP contribution in [0, 0.1) is 11.8 Å². The molecule has 2 fully saturated rings. The fourth-order valence-electron chi connectivity index (χ4n) is 2.81. The summed E-state index contributed by atoms with van der Waals surface area (Å²) < 4.78 is 4.53. The van der Waals surface area contributed by atoms with Gasteiger partial charge in [-0.15, -0.1) is 0 Å². The number of carbonyl (C=O) groups is 2. The lowest BCUT2D eigenvalue weighted by Crippen LogP contribution is -2.27. The van der Waals surface area contributed by atoms with Crippen LogP contribution in [-0.4, -0.2) is 11.9 Å². The maximum Gasteiger partial charge on any atom is 0.313 e. The van der Waals surface area contributed by atoms with Crippen LogP contribution in [0.4, 0.5) is 0 Å². The van der Waals surface area contributed by atoms with Gasteiger partial charge in [-0.05, 0) is 18.3 Å². The maximum absolute atomic E-state index is 11.1. The molecule has 1 saturated carbocycles. The van der Waals surface area contributed by atoms with Crippen molar-refractivity contribution in [1.82, 2.24) is 0 Å². The summed E-state index contributed by atoms with van der Waals surface area (Å²) in [6, 6.07) is 0. The first-order chi connectivity index (χ1) is 7.24. The van der Waals surface area contributed by atoms with Crippen LogP contribution in [0.3, 0.4) is 0 Å². The van der Waals surface area contributed by atoms with Gasteiger partial charge in [-0.2, -0.15) is 0 Å². The van der Waals surface area contributed by atoms with E-state index in [4.69, 9.17) is 0 Å². The van der Waals surface area contributed by atoms with Gasteiger partial charge >= 0.3 is 11.9 Å². The van der Waals surface area contributed by atoms with Crippen LogP contribution in [0.15, 0.2) is 0 Å². The number of hydrogen-bond donors (Lipinski definition) is 0. The molecule has 1 heterocycles. The van der Waals surface area contributed by atoms with Crippen molar-refractivity contribution >= 4 is 11.9 Å². The number of hydrogen-bond acceptors (Lipinski definition) is 3. The molecule has 0 spiro atoms. The summed E-state index contributed by atoms with van der Waals surface area (Å²) in [6.45, 7) is 0. The fourth-order valence-corrected chi connectivity index (χ4v) is 2.81. The molecule has 1 saturated heterocycles. The van der Waals surface area contributed by atoms with E-state index in [1.54, 1.807) is 0 Å². The fraction of sp³-hybridized carbons (Fsp3) is 0.833. The normalized spacial score (nSPS) is 25.3. The van der Waals surface area contributed by atoms with E-state index in [-0.39, 0.29) is 17.9 Å². The van der Waals surface area contributed by atoms with Crippen molar-refractivity contribution in [3.63, 3.8) is 0 Å². The molecule has 15 heavy (non-hydrogen) atoms. The van der Waals surface area contributed by atoms with Gasteiger partial charge < -0.3 is 4.74 Å². The molecule has 84 valence electrons. The second kappa shape index (κ2) is 4.77. The van der Waals surface area contributed by atoms with Gasteiger partial charge in [-0.1, -0.05) is 32.1 Å². The van der Waals surface area contributed by atoms with E-state index in [0.717, 1.165) is 12.3 Å². The first-order valence-corrected chi connectivity index (χ1v) is 5.97. The van der Waals surface area contributed by atoms with Crippen LogP contribution in [-0.2, 0) is 14.3 Å². The van der Waals surface area contributed by atoms with Crippen molar-refractivity contribution in [2.24, 2.45) is 11.8 Å². The van der Waals surface area contributed by atoms with Gasteiger partial charge in [0.2, 0.25) is 0 Å². The predicted molar refractivity (Wildman–Crippen MR) is 55.0 cm³/mol. The van der Waals surface area contributed by atoms with Crippen molar-refractivity contribution in [2.75, 3.05) is 0 Å². The average Bonchev–Trinajstić information content (AvgIpc) is 2.17. The summed E-state index contributed by atoms with van der Waals surface area (Å²) in [7, 11) is 0. The van der Waals surface area contributed by atoms with E-state index in [1.165, 1.54) is 32.1 Å². The standard InChI is InChI=1S/C12H18O3/c13-11-7-10(8-12(14)15-11)6-9-4-2-1-3-5-9/h9-10H,1-8H2. The second-order valence-electron chi connectivity index (χ2n) is 4.86. The Morgan fingerprint density at radius 2 is 1.53 bits per heavy atom. The predicted octanol–water partition coefficient (Wildman–Crippen LogP) is 2.44. The molecule has 0 aromatic heterocycles. The Balaban J connectivity index is 1.82. The van der Waals surface area contributed by atoms with E-state index in [1.807, 2.05) is 0 Å². The molecular formula is C12H18O3. The van der Waals surface area contributed by atoms with Crippen LogP contribution in [0.5, 0.6) is 0 Å². The zero-order valence-corrected chi connectivity index (χ0v) is 9.04. The van der Waals surface area contributed by atoms with Crippen molar-refractivity contribution in [3.05, 3.63) is 0 Å². The molecule has 0 aromatic rings. The largest absolute Gasteiger partial charge is 0.393 e. The number of carbonyl (C=O) groups excluding carboxylic acids is 2. The van der Waals surface area contributed by atoms with E-state index >= 15 is 0 Å². The molecule has 2 aliphatic rings. The van der Waals surface area contributed by atoms with Gasteiger partial charge in [-0.3, -0.25) is 9.59 Å². The lowest BCUT2D eigenvalue weighted by molar-refractivity contribution is -0.165. The Morgan fingerprint density at radius 3 is 2.13 bits per heavy atom. The van der Waals surface area contributed by atoms with E-state index in [2.05, 4.69) is 4.74 Å². The molecule has 1 aliphatic heterocycles. The Bertz CT molecular complexity index is 238. The number of rotatable bonds is 2. The summed E-state index contributed by atoms with van der Waals surface area (Å²) in [5.74, 6) is 0.336. The van der Waals surface area contributed by atoms with Crippen molar-refractivity contribution in [3.8, 4) is 0 Å². The van der Waals surface area contributed by atoms with Gasteiger partial charge in [0.25, 0.3) is 0 Å². The average molecular weight is 210 g/mol. The van der Waals surface area contributed by atoms with Gasteiger partial charge in [0.15, 0.2) is 0 Å². The van der Waals surface area contributed by atoms with Crippen LogP contribution in [0.2, 0.25) is 0 Å². The molecule has 0 bridgehead atoms. The molecule has 0 unspecified atom stereocenters. The third-order valence-corrected chi connectivity index (χ3v) is 3.53. The highest BCUT2D eigenvalue weighted by Crippen LogP contribution is 2.32. The molecule has 0 atom stereocenters. The highest BCUT2D eigenvalue weighted by atomic mass is 16.6. The minimum Gasteiger partial charge on any atom is -0.393 e. The zero-order chi connectivity index (χ0) is 10.7. The van der Waals surface area contributed by atoms with Crippen molar-refractivity contribution in [1.29, 1.82) is 0 Å². The second-order valence-corrected chi connectivity index (χ2v) is 4.86. The van der Waals surface area contributed by atoms with Crippen LogP contribution in [0.1, 0.15) is 51.4 Å².